The van der Waals surface area contributed by atoms with Crippen molar-refractivity contribution in [3.05, 3.63) is 28.8 Å². The number of aromatic amines is 1. The van der Waals surface area contributed by atoms with Crippen LogP contribution >= 0.6 is 0 Å². The molecule has 0 fully saturated rings. The average Bonchev–Trinajstić information content (AvgIpc) is 2.72. The highest BCUT2D eigenvalue weighted by molar-refractivity contribution is 5.47. The molecule has 90 valence electrons. The Morgan fingerprint density at radius 1 is 1.59 bits per heavy atom. The fourth-order valence-electron chi connectivity index (χ4n) is 1.33. The summed E-state index contributed by atoms with van der Waals surface area (Å²) in [4.78, 5) is 17.8. The van der Waals surface area contributed by atoms with Gasteiger partial charge in [-0.1, -0.05) is 0 Å². The predicted molar refractivity (Wildman–Crippen MR) is 59.7 cm³/mol. The Kier molecular flexibility index (Phi) is 3.03. The second kappa shape index (κ2) is 4.64. The average molecular weight is 236 g/mol. The third kappa shape index (κ3) is 2.25. The molecule has 8 nitrogen and oxygen atoms in total. The van der Waals surface area contributed by atoms with Crippen LogP contribution in [0, 0.1) is 0 Å². The van der Waals surface area contributed by atoms with Crippen molar-refractivity contribution in [2.75, 3.05) is 12.4 Å². The van der Waals surface area contributed by atoms with E-state index in [2.05, 4.69) is 25.5 Å². The molecule has 2 N–H and O–H groups in total. The quantitative estimate of drug-likeness (QED) is 0.744. The molecule has 8 heteroatoms. The molecule has 0 unspecified atom stereocenters. The van der Waals surface area contributed by atoms with Gasteiger partial charge in [0.1, 0.15) is 6.33 Å². The molecule has 0 aliphatic rings. The number of H-pyrrole nitrogens is 1. The van der Waals surface area contributed by atoms with Gasteiger partial charge >= 0.3 is 0 Å². The van der Waals surface area contributed by atoms with Crippen LogP contribution < -0.4 is 15.6 Å². The molecule has 2 aromatic rings. The summed E-state index contributed by atoms with van der Waals surface area (Å²) in [5.74, 6) is 1.25. The summed E-state index contributed by atoms with van der Waals surface area (Å²) >= 11 is 0. The van der Waals surface area contributed by atoms with E-state index in [1.54, 1.807) is 10.9 Å². The molecule has 0 radical (unpaired) electrons. The molecule has 17 heavy (non-hydrogen) atoms. The third-order valence-electron chi connectivity index (χ3n) is 2.23. The van der Waals surface area contributed by atoms with Crippen LogP contribution in [0.5, 0.6) is 5.75 Å². The first-order valence-corrected chi connectivity index (χ1v) is 4.90. The van der Waals surface area contributed by atoms with E-state index in [0.717, 1.165) is 5.82 Å². The van der Waals surface area contributed by atoms with E-state index in [4.69, 9.17) is 4.74 Å². The van der Waals surface area contributed by atoms with Crippen molar-refractivity contribution in [3.63, 3.8) is 0 Å². The number of aryl methyl sites for hydroxylation is 1. The normalized spacial score (nSPS) is 10.2. The molecule has 2 aromatic heterocycles. The highest BCUT2D eigenvalue weighted by Crippen LogP contribution is 2.14. The Bertz CT molecular complexity index is 561. The number of hydrogen-bond acceptors (Lipinski definition) is 6. The van der Waals surface area contributed by atoms with Crippen molar-refractivity contribution in [3.8, 4) is 5.75 Å². The first-order chi connectivity index (χ1) is 8.22. The van der Waals surface area contributed by atoms with Gasteiger partial charge in [-0.05, 0) is 0 Å². The van der Waals surface area contributed by atoms with E-state index in [0.29, 0.717) is 12.4 Å². The summed E-state index contributed by atoms with van der Waals surface area (Å²) < 4.78 is 6.74. The third-order valence-corrected chi connectivity index (χ3v) is 2.23. The summed E-state index contributed by atoms with van der Waals surface area (Å²) in [5, 5.41) is 10.6. The maximum absolute atomic E-state index is 11.4. The zero-order valence-electron chi connectivity index (χ0n) is 9.47. The summed E-state index contributed by atoms with van der Waals surface area (Å²) in [7, 11) is 3.25. The van der Waals surface area contributed by atoms with Crippen molar-refractivity contribution in [1.82, 2.24) is 24.7 Å². The number of rotatable bonds is 4. The first-order valence-electron chi connectivity index (χ1n) is 4.90. The number of nitrogens with zero attached hydrogens (tertiary/aromatic N) is 4. The van der Waals surface area contributed by atoms with Crippen molar-refractivity contribution < 1.29 is 4.74 Å². The van der Waals surface area contributed by atoms with E-state index in [1.807, 2.05) is 7.05 Å². The van der Waals surface area contributed by atoms with Gasteiger partial charge in [0.25, 0.3) is 5.56 Å². The number of ether oxygens (including phenoxy) is 1. The van der Waals surface area contributed by atoms with Crippen molar-refractivity contribution >= 4 is 5.82 Å². The first kappa shape index (κ1) is 11.1. The van der Waals surface area contributed by atoms with Crippen molar-refractivity contribution in [2.24, 2.45) is 7.05 Å². The molecule has 0 atom stereocenters. The largest absolute Gasteiger partial charge is 0.489 e. The van der Waals surface area contributed by atoms with Gasteiger partial charge in [0.15, 0.2) is 11.6 Å². The molecule has 0 saturated heterocycles. The van der Waals surface area contributed by atoms with Crippen LogP contribution in [0.25, 0.3) is 0 Å². The standard InChI is InChI=1S/C9H12N6O2/c1-15-5-13-14-6(15)3-10-8-7(17-2)9(16)12-4-11-8/h4-5H,3H2,1-2H3,(H2,10,11,12,16). The minimum atomic E-state index is -0.331. The minimum absolute atomic E-state index is 0.148. The highest BCUT2D eigenvalue weighted by atomic mass is 16.5. The van der Waals surface area contributed by atoms with Gasteiger partial charge in [0, 0.05) is 7.05 Å². The monoisotopic (exact) mass is 236 g/mol. The van der Waals surface area contributed by atoms with Crippen LogP contribution in [0.15, 0.2) is 17.4 Å². The molecule has 2 heterocycles. The SMILES string of the molecule is COc1c(NCc2nncn2C)nc[nH]c1=O. The van der Waals surface area contributed by atoms with E-state index in [1.165, 1.54) is 13.4 Å². The predicted octanol–water partition coefficient (Wildman–Crippen LogP) is -0.481. The summed E-state index contributed by atoms with van der Waals surface area (Å²) in [6.07, 6.45) is 2.91. The van der Waals surface area contributed by atoms with Gasteiger partial charge in [-0.15, -0.1) is 10.2 Å². The number of aromatic nitrogens is 5. The number of hydrogen-bond donors (Lipinski definition) is 2. The van der Waals surface area contributed by atoms with Gasteiger partial charge < -0.3 is 19.6 Å². The lowest BCUT2D eigenvalue weighted by Crippen LogP contribution is -2.15. The van der Waals surface area contributed by atoms with Crippen LogP contribution in [0.4, 0.5) is 5.82 Å². The van der Waals surface area contributed by atoms with E-state index in [9.17, 15) is 4.79 Å². The van der Waals surface area contributed by atoms with Crippen LogP contribution in [-0.4, -0.2) is 31.8 Å². The Labute approximate surface area is 96.7 Å². The Hall–Kier alpha value is -2.38. The highest BCUT2D eigenvalue weighted by Gasteiger charge is 2.09. The zero-order valence-corrected chi connectivity index (χ0v) is 9.47. The van der Waals surface area contributed by atoms with Crippen LogP contribution in [0.1, 0.15) is 5.82 Å². The van der Waals surface area contributed by atoms with E-state index >= 15 is 0 Å². The summed E-state index contributed by atoms with van der Waals surface area (Å²) in [5.41, 5.74) is -0.331. The van der Waals surface area contributed by atoms with Gasteiger partial charge in [-0.25, -0.2) is 4.98 Å². The van der Waals surface area contributed by atoms with E-state index < -0.39 is 0 Å². The smallest absolute Gasteiger partial charge is 0.295 e. The molecule has 0 bridgehead atoms. The second-order valence-corrected chi connectivity index (χ2v) is 3.33. The maximum atomic E-state index is 11.4. The van der Waals surface area contributed by atoms with E-state index in [-0.39, 0.29) is 11.3 Å². The molecule has 0 aliphatic heterocycles. The van der Waals surface area contributed by atoms with Gasteiger partial charge in [-0.3, -0.25) is 4.79 Å². The van der Waals surface area contributed by atoms with Gasteiger partial charge in [0.2, 0.25) is 5.75 Å². The van der Waals surface area contributed by atoms with Crippen LogP contribution in [0.3, 0.4) is 0 Å². The Balaban J connectivity index is 2.17. The Morgan fingerprint density at radius 2 is 2.41 bits per heavy atom. The fraction of sp³-hybridized carbons (Fsp3) is 0.333. The number of methoxy groups -OCH3 is 1. The lowest BCUT2D eigenvalue weighted by molar-refractivity contribution is 0.408. The van der Waals surface area contributed by atoms with Crippen molar-refractivity contribution in [1.29, 1.82) is 0 Å². The molecule has 0 aromatic carbocycles. The lowest BCUT2D eigenvalue weighted by Gasteiger charge is -2.07. The summed E-state index contributed by atoms with van der Waals surface area (Å²) in [6, 6.07) is 0. The lowest BCUT2D eigenvalue weighted by atomic mass is 10.5. The second-order valence-electron chi connectivity index (χ2n) is 3.33. The van der Waals surface area contributed by atoms with Crippen LogP contribution in [0.2, 0.25) is 0 Å². The minimum Gasteiger partial charge on any atom is -0.489 e. The Morgan fingerprint density at radius 3 is 3.06 bits per heavy atom. The number of nitrogens with one attached hydrogen (secondary N) is 2. The van der Waals surface area contributed by atoms with Crippen molar-refractivity contribution in [2.45, 2.75) is 6.54 Å². The summed E-state index contributed by atoms with van der Waals surface area (Å²) in [6.45, 7) is 0.406. The van der Waals surface area contributed by atoms with Crippen LogP contribution in [-0.2, 0) is 13.6 Å². The number of anilines is 1. The van der Waals surface area contributed by atoms with Gasteiger partial charge in [-0.2, -0.15) is 0 Å². The molecule has 0 spiro atoms. The molecule has 0 aliphatic carbocycles. The molecular formula is C9H12N6O2. The molecule has 0 saturated carbocycles. The molecule has 0 amide bonds. The fourth-order valence-corrected chi connectivity index (χ4v) is 1.33. The molecule has 2 rings (SSSR count). The maximum Gasteiger partial charge on any atom is 0.295 e. The van der Waals surface area contributed by atoms with Gasteiger partial charge in [0.05, 0.1) is 20.0 Å². The topological polar surface area (TPSA) is 97.7 Å². The molecular weight excluding hydrogens is 224 g/mol. The zero-order chi connectivity index (χ0) is 12.3.